The molecule has 0 spiro atoms. The number of fused-ring (bicyclic) bond motifs is 1. The first-order valence-electron chi connectivity index (χ1n) is 11.7. The van der Waals surface area contributed by atoms with Gasteiger partial charge in [-0.15, -0.1) is 0 Å². The van der Waals surface area contributed by atoms with E-state index in [4.69, 9.17) is 36.6 Å². The number of hydrogen-bond acceptors (Lipinski definition) is 8. The Hall–Kier alpha value is -3.42. The van der Waals surface area contributed by atoms with Gasteiger partial charge in [0.05, 0.1) is 33.6 Å². The number of benzene rings is 2. The standard InChI is InChI=1S/C19H23N5O3/c1-10-11(5-6-13-16(10)18(20)24-19(21)23-13)9-22-12-7-14(25-2)17(27-4)15(8-12)26-3/h5-8,22H,9H2,1-4H3,(H4,20,21,23,24)/i1D3,4D3,9D2. The minimum atomic E-state index is -2.80. The van der Waals surface area contributed by atoms with Gasteiger partial charge in [-0.05, 0) is 24.0 Å². The molecule has 2 aromatic carbocycles. The van der Waals surface area contributed by atoms with Crippen molar-refractivity contribution < 1.29 is 25.2 Å². The van der Waals surface area contributed by atoms with Gasteiger partial charge in [-0.25, -0.2) is 4.98 Å². The average molecular weight is 377 g/mol. The molecule has 0 aliphatic heterocycles. The summed E-state index contributed by atoms with van der Waals surface area (Å²) in [7, 11) is -0.260. The van der Waals surface area contributed by atoms with E-state index in [-0.39, 0.29) is 56.7 Å². The number of methoxy groups -OCH3 is 3. The molecule has 0 radical (unpaired) electrons. The number of aromatic nitrogens is 2. The summed E-state index contributed by atoms with van der Waals surface area (Å²) in [6, 6.07) is 5.23. The minimum Gasteiger partial charge on any atom is -0.493 e. The van der Waals surface area contributed by atoms with Crippen molar-refractivity contribution in [3.63, 3.8) is 0 Å². The molecule has 0 aliphatic carbocycles. The lowest BCUT2D eigenvalue weighted by atomic mass is 10.0. The van der Waals surface area contributed by atoms with E-state index in [9.17, 15) is 0 Å². The van der Waals surface area contributed by atoms with Crippen molar-refractivity contribution in [3.8, 4) is 17.2 Å². The van der Waals surface area contributed by atoms with Gasteiger partial charge in [-0.2, -0.15) is 4.98 Å². The molecule has 27 heavy (non-hydrogen) atoms. The molecular weight excluding hydrogens is 346 g/mol. The first kappa shape index (κ1) is 10.7. The Bertz CT molecular complexity index is 1240. The van der Waals surface area contributed by atoms with Crippen molar-refractivity contribution in [2.45, 2.75) is 13.3 Å². The number of hydrogen-bond donors (Lipinski definition) is 3. The van der Waals surface area contributed by atoms with Crippen molar-refractivity contribution in [2.24, 2.45) is 0 Å². The predicted molar refractivity (Wildman–Crippen MR) is 107 cm³/mol. The van der Waals surface area contributed by atoms with E-state index in [0.717, 1.165) is 0 Å². The molecule has 0 fully saturated rings. The van der Waals surface area contributed by atoms with Gasteiger partial charge in [-0.1, -0.05) is 6.07 Å². The summed E-state index contributed by atoms with van der Waals surface area (Å²) < 4.78 is 78.8. The number of rotatable bonds is 6. The van der Waals surface area contributed by atoms with Crippen LogP contribution in [0.5, 0.6) is 17.2 Å². The quantitative estimate of drug-likeness (QED) is 0.600. The second-order valence-electron chi connectivity index (χ2n) is 5.41. The van der Waals surface area contributed by atoms with Crippen molar-refractivity contribution in [2.75, 3.05) is 38.0 Å². The monoisotopic (exact) mass is 377 g/mol. The van der Waals surface area contributed by atoms with E-state index in [2.05, 4.69) is 15.3 Å². The second-order valence-corrected chi connectivity index (χ2v) is 5.41. The van der Waals surface area contributed by atoms with Crippen LogP contribution in [0.15, 0.2) is 24.3 Å². The molecule has 3 aromatic rings. The summed E-state index contributed by atoms with van der Waals surface area (Å²) in [6.45, 7) is -5.27. The molecule has 0 saturated heterocycles. The highest BCUT2D eigenvalue weighted by atomic mass is 16.5. The highest BCUT2D eigenvalue weighted by Gasteiger charge is 2.14. The van der Waals surface area contributed by atoms with Gasteiger partial charge in [0.15, 0.2) is 11.5 Å². The highest BCUT2D eigenvalue weighted by Crippen LogP contribution is 2.40. The Morgan fingerprint density at radius 1 is 1.11 bits per heavy atom. The third kappa shape index (κ3) is 3.46. The number of nitrogens with zero attached hydrogens (tertiary/aromatic N) is 2. The maximum absolute atomic E-state index is 8.66. The fourth-order valence-electron chi connectivity index (χ4n) is 2.57. The van der Waals surface area contributed by atoms with E-state index in [0.29, 0.717) is 0 Å². The number of aryl methyl sites for hydroxylation is 1. The molecule has 1 aromatic heterocycles. The third-order valence-corrected chi connectivity index (χ3v) is 3.81. The number of nitrogens with one attached hydrogen (secondary N) is 1. The maximum Gasteiger partial charge on any atom is 0.222 e. The van der Waals surface area contributed by atoms with Crippen LogP contribution in [-0.4, -0.2) is 31.2 Å². The van der Waals surface area contributed by atoms with Crippen molar-refractivity contribution >= 4 is 28.4 Å². The molecule has 3 rings (SSSR count). The number of anilines is 3. The van der Waals surface area contributed by atoms with Crippen LogP contribution in [0.1, 0.15) is 22.1 Å². The van der Waals surface area contributed by atoms with Crippen LogP contribution in [0.25, 0.3) is 10.9 Å². The SMILES string of the molecule is [2H]C([2H])([2H])Oc1c(OC)cc(NC([2H])([2H])c2ccc3nc(N)nc(N)c3c2C([2H])([2H])[2H])cc1OC. The lowest BCUT2D eigenvalue weighted by Gasteiger charge is -2.16. The first-order chi connectivity index (χ1) is 16.1. The molecule has 0 aliphatic rings. The van der Waals surface area contributed by atoms with Gasteiger partial charge in [-0.3, -0.25) is 0 Å². The number of nitrogen functional groups attached to an aromatic ring is 2. The number of ether oxygens (including phenoxy) is 3. The zero-order valence-corrected chi connectivity index (χ0v) is 14.6. The lowest BCUT2D eigenvalue weighted by Crippen LogP contribution is -2.06. The summed E-state index contributed by atoms with van der Waals surface area (Å²) in [5, 5.41) is 2.56. The van der Waals surface area contributed by atoms with Gasteiger partial charge in [0.2, 0.25) is 11.7 Å². The average Bonchev–Trinajstić information content (AvgIpc) is 2.71. The van der Waals surface area contributed by atoms with E-state index in [1.165, 1.54) is 38.5 Å². The third-order valence-electron chi connectivity index (χ3n) is 3.81. The molecule has 0 unspecified atom stereocenters. The lowest BCUT2D eigenvalue weighted by molar-refractivity contribution is 0.324. The van der Waals surface area contributed by atoms with Crippen molar-refractivity contribution in [1.82, 2.24) is 9.97 Å². The predicted octanol–water partition coefficient (Wildman–Crippen LogP) is 2.74. The summed E-state index contributed by atoms with van der Waals surface area (Å²) in [4.78, 5) is 7.83. The van der Waals surface area contributed by atoms with Crippen LogP contribution in [0.3, 0.4) is 0 Å². The zero-order valence-electron chi connectivity index (χ0n) is 22.6. The molecule has 1 heterocycles. The molecule has 0 bridgehead atoms. The molecule has 0 saturated carbocycles. The molecule has 0 amide bonds. The molecule has 0 atom stereocenters. The molecule has 5 N–H and O–H groups in total. The van der Waals surface area contributed by atoms with E-state index in [1.807, 2.05) is 0 Å². The largest absolute Gasteiger partial charge is 0.493 e. The fraction of sp³-hybridized carbons (Fsp3) is 0.263. The van der Waals surface area contributed by atoms with Crippen LogP contribution in [0, 0.1) is 6.85 Å². The summed E-state index contributed by atoms with van der Waals surface area (Å²) in [5.74, 6) is -0.676. The summed E-state index contributed by atoms with van der Waals surface area (Å²) in [5.41, 5.74) is 11.2. The normalized spacial score (nSPS) is 16.5. The topological polar surface area (TPSA) is 118 Å². The smallest absolute Gasteiger partial charge is 0.222 e. The van der Waals surface area contributed by atoms with Gasteiger partial charge < -0.3 is 31.0 Å². The van der Waals surface area contributed by atoms with Gasteiger partial charge >= 0.3 is 0 Å². The molecule has 142 valence electrons. The van der Waals surface area contributed by atoms with E-state index >= 15 is 0 Å². The zero-order chi connectivity index (χ0) is 26.3. The molecular formula is C19H23N5O3. The Morgan fingerprint density at radius 2 is 1.85 bits per heavy atom. The fourth-order valence-corrected chi connectivity index (χ4v) is 2.57. The molecule has 8 heteroatoms. The van der Waals surface area contributed by atoms with Crippen LogP contribution in [0.4, 0.5) is 17.5 Å². The van der Waals surface area contributed by atoms with Crippen LogP contribution >= 0.6 is 0 Å². The molecule has 8 nitrogen and oxygen atoms in total. The second kappa shape index (κ2) is 7.45. The van der Waals surface area contributed by atoms with Crippen LogP contribution in [0.2, 0.25) is 0 Å². The summed E-state index contributed by atoms with van der Waals surface area (Å²) >= 11 is 0. The Balaban J connectivity index is 2.17. The van der Waals surface area contributed by atoms with E-state index < -0.39 is 20.4 Å². The van der Waals surface area contributed by atoms with E-state index in [1.54, 1.807) is 0 Å². The van der Waals surface area contributed by atoms with Crippen LogP contribution < -0.4 is 31.0 Å². The first-order valence-corrected chi connectivity index (χ1v) is 7.67. The number of nitrogens with two attached hydrogens (primary N) is 2. The Morgan fingerprint density at radius 3 is 2.48 bits per heavy atom. The van der Waals surface area contributed by atoms with Crippen molar-refractivity contribution in [3.05, 3.63) is 35.4 Å². The Kier molecular flexibility index (Phi) is 2.94. The maximum atomic E-state index is 8.66. The Labute approximate surface area is 168 Å². The van der Waals surface area contributed by atoms with Gasteiger partial charge in [0, 0.05) is 33.8 Å². The van der Waals surface area contributed by atoms with Crippen LogP contribution in [-0.2, 0) is 6.50 Å². The van der Waals surface area contributed by atoms with Gasteiger partial charge in [0.25, 0.3) is 0 Å². The van der Waals surface area contributed by atoms with Crippen molar-refractivity contribution in [1.29, 1.82) is 0 Å². The summed E-state index contributed by atoms with van der Waals surface area (Å²) in [6.07, 6.45) is 0. The van der Waals surface area contributed by atoms with Gasteiger partial charge in [0.1, 0.15) is 5.82 Å². The highest BCUT2D eigenvalue weighted by molar-refractivity contribution is 5.92. The minimum absolute atomic E-state index is 0.0426.